The normalized spacial score (nSPS) is 21.7. The van der Waals surface area contributed by atoms with Crippen LogP contribution in [0.25, 0.3) is 0 Å². The Kier molecular flexibility index (Phi) is 3.41. The van der Waals surface area contributed by atoms with Gasteiger partial charge >= 0.3 is 5.69 Å². The van der Waals surface area contributed by atoms with Crippen LogP contribution in [0.2, 0.25) is 0 Å². The molecule has 1 atom stereocenters. The quantitative estimate of drug-likeness (QED) is 0.622. The van der Waals surface area contributed by atoms with Gasteiger partial charge < -0.3 is 5.32 Å². The molecule has 1 aliphatic heterocycles. The summed E-state index contributed by atoms with van der Waals surface area (Å²) in [5, 5.41) is 12.8. The fourth-order valence-electron chi connectivity index (χ4n) is 1.80. The van der Waals surface area contributed by atoms with Crippen LogP contribution in [0, 0.1) is 10.1 Å². The largest absolute Gasteiger partial charge is 0.353 e. The number of nitro groups is 1. The van der Waals surface area contributed by atoms with Crippen molar-refractivity contribution in [1.82, 2.24) is 9.97 Å². The van der Waals surface area contributed by atoms with E-state index in [4.69, 9.17) is 0 Å². The lowest BCUT2D eigenvalue weighted by molar-refractivity contribution is -0.385. The molecule has 1 aliphatic rings. The van der Waals surface area contributed by atoms with E-state index in [-0.39, 0.29) is 23.9 Å². The Morgan fingerprint density at radius 3 is 2.61 bits per heavy atom. The highest BCUT2D eigenvalue weighted by Gasteiger charge is 2.30. The number of sulfone groups is 1. The van der Waals surface area contributed by atoms with Crippen LogP contribution in [-0.2, 0) is 9.84 Å². The second-order valence-electron chi connectivity index (χ2n) is 4.03. The van der Waals surface area contributed by atoms with Crippen LogP contribution < -0.4 is 5.32 Å². The first-order valence-electron chi connectivity index (χ1n) is 5.41. The predicted molar refractivity (Wildman–Crippen MR) is 64.0 cm³/mol. The van der Waals surface area contributed by atoms with Crippen molar-refractivity contribution in [3.63, 3.8) is 0 Å². The van der Waals surface area contributed by atoms with Crippen LogP contribution in [0.5, 0.6) is 0 Å². The molecule has 1 saturated heterocycles. The number of anilines is 1. The van der Waals surface area contributed by atoms with Gasteiger partial charge in [0.05, 0.1) is 15.9 Å². The highest BCUT2D eigenvalue weighted by atomic mass is 32.2. The zero-order valence-corrected chi connectivity index (χ0v) is 10.3. The minimum Gasteiger partial charge on any atom is -0.353 e. The highest BCUT2D eigenvalue weighted by molar-refractivity contribution is 7.92. The molecule has 9 heteroatoms. The Hall–Kier alpha value is -1.77. The number of hydrogen-bond donors (Lipinski definition) is 1. The van der Waals surface area contributed by atoms with Crippen LogP contribution in [-0.4, -0.2) is 40.9 Å². The van der Waals surface area contributed by atoms with E-state index in [1.807, 2.05) is 0 Å². The molecule has 1 aromatic heterocycles. The molecule has 8 nitrogen and oxygen atoms in total. The average Bonchev–Trinajstić information content (AvgIpc) is 2.66. The molecule has 0 spiro atoms. The summed E-state index contributed by atoms with van der Waals surface area (Å²) in [7, 11) is -3.01. The minimum absolute atomic E-state index is 0.197. The molecule has 18 heavy (non-hydrogen) atoms. The third kappa shape index (κ3) is 2.73. The highest BCUT2D eigenvalue weighted by Crippen LogP contribution is 2.20. The lowest BCUT2D eigenvalue weighted by atomic mass is 10.2. The summed E-state index contributed by atoms with van der Waals surface area (Å²) >= 11 is 0. The van der Waals surface area contributed by atoms with Gasteiger partial charge in [0.15, 0.2) is 9.84 Å². The second-order valence-corrected chi connectivity index (χ2v) is 6.43. The molecule has 2 heterocycles. The Morgan fingerprint density at radius 2 is 2.11 bits per heavy atom. The van der Waals surface area contributed by atoms with Crippen molar-refractivity contribution >= 4 is 21.5 Å². The molecule has 2 rings (SSSR count). The molecule has 0 saturated carbocycles. The first kappa shape index (κ1) is 12.7. The maximum absolute atomic E-state index is 11.6. The fourth-order valence-corrected chi connectivity index (χ4v) is 3.56. The van der Waals surface area contributed by atoms with Crippen LogP contribution >= 0.6 is 0 Å². The Labute approximate surface area is 104 Å². The van der Waals surface area contributed by atoms with Gasteiger partial charge in [-0.2, -0.15) is 0 Å². The Bertz CT molecular complexity index is 542. The van der Waals surface area contributed by atoms with Crippen molar-refractivity contribution in [2.45, 2.75) is 18.1 Å². The van der Waals surface area contributed by atoms with Crippen LogP contribution in [0.1, 0.15) is 12.8 Å². The zero-order valence-electron chi connectivity index (χ0n) is 9.44. The van der Waals surface area contributed by atoms with E-state index in [0.717, 1.165) is 12.4 Å². The molecule has 0 amide bonds. The lowest BCUT2D eigenvalue weighted by Crippen LogP contribution is -2.25. The third-order valence-electron chi connectivity index (χ3n) is 2.80. The summed E-state index contributed by atoms with van der Waals surface area (Å²) < 4.78 is 23.1. The van der Waals surface area contributed by atoms with Gasteiger partial charge in [-0.05, 0) is 12.8 Å². The van der Waals surface area contributed by atoms with Crippen molar-refractivity contribution in [1.29, 1.82) is 0 Å². The van der Waals surface area contributed by atoms with E-state index < -0.39 is 20.0 Å². The predicted octanol–water partition coefficient (Wildman–Crippen LogP) is 0.374. The Morgan fingerprint density at radius 1 is 1.44 bits per heavy atom. The molecule has 0 aromatic carbocycles. The van der Waals surface area contributed by atoms with E-state index in [0.29, 0.717) is 12.8 Å². The minimum atomic E-state index is -3.01. The monoisotopic (exact) mass is 272 g/mol. The van der Waals surface area contributed by atoms with Gasteiger partial charge in [0.25, 0.3) is 0 Å². The average molecular weight is 272 g/mol. The summed E-state index contributed by atoms with van der Waals surface area (Å²) in [6.45, 7) is 0.236. The number of rotatable bonds is 4. The van der Waals surface area contributed by atoms with Gasteiger partial charge in [-0.3, -0.25) is 10.1 Å². The van der Waals surface area contributed by atoms with Gasteiger partial charge in [-0.25, -0.2) is 18.4 Å². The number of nitrogens with zero attached hydrogens (tertiary/aromatic N) is 3. The molecule has 1 fully saturated rings. The second kappa shape index (κ2) is 4.84. The summed E-state index contributed by atoms with van der Waals surface area (Å²) in [5.74, 6) is 0.420. The van der Waals surface area contributed by atoms with Crippen LogP contribution in [0.4, 0.5) is 11.6 Å². The van der Waals surface area contributed by atoms with Crippen LogP contribution in [0.3, 0.4) is 0 Å². The molecule has 1 aromatic rings. The van der Waals surface area contributed by atoms with E-state index in [9.17, 15) is 18.5 Å². The summed E-state index contributed by atoms with van der Waals surface area (Å²) in [5.41, 5.74) is -0.200. The van der Waals surface area contributed by atoms with Crippen molar-refractivity contribution in [3.05, 3.63) is 22.5 Å². The maximum atomic E-state index is 11.6. The number of hydrogen-bond acceptors (Lipinski definition) is 7. The SMILES string of the molecule is O=[N+]([O-])c1cnc(NCC2CCCS2(=O)=O)nc1. The van der Waals surface area contributed by atoms with Gasteiger partial charge in [-0.1, -0.05) is 0 Å². The fraction of sp³-hybridized carbons (Fsp3) is 0.556. The molecule has 1 N–H and O–H groups in total. The first-order valence-corrected chi connectivity index (χ1v) is 7.12. The van der Waals surface area contributed by atoms with E-state index in [2.05, 4.69) is 15.3 Å². The van der Waals surface area contributed by atoms with Crippen molar-refractivity contribution < 1.29 is 13.3 Å². The molecule has 98 valence electrons. The maximum Gasteiger partial charge on any atom is 0.305 e. The van der Waals surface area contributed by atoms with Gasteiger partial charge in [0, 0.05) is 6.54 Å². The Balaban J connectivity index is 1.96. The van der Waals surface area contributed by atoms with Gasteiger partial charge in [0.1, 0.15) is 12.4 Å². The summed E-state index contributed by atoms with van der Waals surface area (Å²) in [4.78, 5) is 17.3. The number of aromatic nitrogens is 2. The standard InChI is InChI=1S/C9H12N4O4S/c14-13(15)7-4-10-9(11-5-7)12-6-8-2-1-3-18(8,16)17/h4-5,8H,1-3,6H2,(H,10,11,12). The summed E-state index contributed by atoms with van der Waals surface area (Å²) in [6, 6.07) is 0. The van der Waals surface area contributed by atoms with Gasteiger partial charge in [0.2, 0.25) is 5.95 Å². The molecular weight excluding hydrogens is 260 g/mol. The molecular formula is C9H12N4O4S. The van der Waals surface area contributed by atoms with Crippen molar-refractivity contribution in [2.75, 3.05) is 17.6 Å². The zero-order chi connectivity index (χ0) is 13.2. The summed E-state index contributed by atoms with van der Waals surface area (Å²) in [6.07, 6.45) is 3.47. The smallest absolute Gasteiger partial charge is 0.305 e. The topological polar surface area (TPSA) is 115 Å². The third-order valence-corrected chi connectivity index (χ3v) is 5.08. The van der Waals surface area contributed by atoms with E-state index in [1.54, 1.807) is 0 Å². The van der Waals surface area contributed by atoms with Gasteiger partial charge in [-0.15, -0.1) is 0 Å². The first-order chi connectivity index (χ1) is 8.49. The molecule has 0 aliphatic carbocycles. The van der Waals surface area contributed by atoms with E-state index >= 15 is 0 Å². The van der Waals surface area contributed by atoms with Crippen LogP contribution in [0.15, 0.2) is 12.4 Å². The molecule has 0 bridgehead atoms. The lowest BCUT2D eigenvalue weighted by Gasteiger charge is -2.09. The number of nitrogens with one attached hydrogen (secondary N) is 1. The van der Waals surface area contributed by atoms with Crippen molar-refractivity contribution in [2.24, 2.45) is 0 Å². The van der Waals surface area contributed by atoms with E-state index in [1.165, 1.54) is 0 Å². The van der Waals surface area contributed by atoms with Crippen molar-refractivity contribution in [3.8, 4) is 0 Å². The molecule has 0 radical (unpaired) electrons. The molecule has 1 unspecified atom stereocenters.